The van der Waals surface area contributed by atoms with Crippen LogP contribution in [-0.2, 0) is 9.59 Å². The van der Waals surface area contributed by atoms with E-state index >= 15 is 0 Å². The lowest BCUT2D eigenvalue weighted by Crippen LogP contribution is -2.38. The van der Waals surface area contributed by atoms with Crippen LogP contribution in [-0.4, -0.2) is 42.0 Å². The van der Waals surface area contributed by atoms with Gasteiger partial charge in [0.1, 0.15) is 6.54 Å². The Morgan fingerprint density at radius 2 is 1.89 bits per heavy atom. The Hall–Kier alpha value is -2.64. The van der Waals surface area contributed by atoms with E-state index < -0.39 is 10.9 Å². The summed E-state index contributed by atoms with van der Waals surface area (Å²) in [5, 5.41) is 21.7. The minimum atomic E-state index is -1.10. The van der Waals surface area contributed by atoms with Gasteiger partial charge in [-0.3, -0.25) is 19.7 Å². The van der Waals surface area contributed by atoms with Crippen molar-refractivity contribution in [3.63, 3.8) is 0 Å². The molecule has 2 N–H and O–H groups in total. The number of anilines is 1. The number of nitro groups is 1. The molecule has 0 aliphatic carbocycles. The number of hydrogen-bond donors (Lipinski definition) is 2. The first kappa shape index (κ1) is 14.4. The number of carboxylic acids is 1. The van der Waals surface area contributed by atoms with Gasteiger partial charge in [-0.15, -0.1) is 0 Å². The smallest absolute Gasteiger partial charge is 0.323 e. The predicted molar refractivity (Wildman–Crippen MR) is 67.0 cm³/mol. The molecular weight excluding hydrogens is 254 g/mol. The number of non-ortho nitro benzene ring substituents is 1. The SMILES string of the molecule is CNC(=O)CN(CC(=O)O)c1ccc([N+](=O)[O-])cc1. The average Bonchev–Trinajstić information content (AvgIpc) is 2.37. The van der Waals surface area contributed by atoms with E-state index in [2.05, 4.69) is 5.32 Å². The molecule has 1 aromatic carbocycles. The number of carbonyl (C=O) groups is 2. The van der Waals surface area contributed by atoms with Crippen molar-refractivity contribution in [2.24, 2.45) is 0 Å². The van der Waals surface area contributed by atoms with Crippen LogP contribution in [0.1, 0.15) is 0 Å². The van der Waals surface area contributed by atoms with Gasteiger partial charge in [0.15, 0.2) is 0 Å². The van der Waals surface area contributed by atoms with E-state index in [-0.39, 0.29) is 24.7 Å². The van der Waals surface area contributed by atoms with Crippen LogP contribution in [0.25, 0.3) is 0 Å². The normalized spacial score (nSPS) is 9.74. The third kappa shape index (κ3) is 4.26. The van der Waals surface area contributed by atoms with E-state index in [4.69, 9.17) is 5.11 Å². The summed E-state index contributed by atoms with van der Waals surface area (Å²) in [7, 11) is 1.44. The minimum absolute atomic E-state index is 0.0982. The largest absolute Gasteiger partial charge is 0.480 e. The standard InChI is InChI=1S/C11H13N3O5/c1-12-10(15)6-13(7-11(16)17)8-2-4-9(5-3-8)14(18)19/h2-5H,6-7H2,1H3,(H,12,15)(H,16,17). The van der Waals surface area contributed by atoms with Crippen molar-refractivity contribution in [2.75, 3.05) is 25.0 Å². The van der Waals surface area contributed by atoms with E-state index in [0.717, 1.165) is 0 Å². The fourth-order valence-corrected chi connectivity index (χ4v) is 1.44. The Bertz CT molecular complexity index is 486. The topological polar surface area (TPSA) is 113 Å². The number of nitro benzene ring substituents is 1. The Kier molecular flexibility index (Phi) is 4.81. The molecule has 0 saturated heterocycles. The van der Waals surface area contributed by atoms with Gasteiger partial charge in [0.25, 0.3) is 5.69 Å². The minimum Gasteiger partial charge on any atom is -0.480 e. The highest BCUT2D eigenvalue weighted by molar-refractivity contribution is 5.83. The van der Waals surface area contributed by atoms with Gasteiger partial charge in [0, 0.05) is 24.9 Å². The monoisotopic (exact) mass is 267 g/mol. The summed E-state index contributed by atoms with van der Waals surface area (Å²) in [6, 6.07) is 5.33. The first-order chi connectivity index (χ1) is 8.93. The zero-order chi connectivity index (χ0) is 14.4. The zero-order valence-electron chi connectivity index (χ0n) is 10.2. The van der Waals surface area contributed by atoms with Crippen molar-refractivity contribution in [3.8, 4) is 0 Å². The van der Waals surface area contributed by atoms with Gasteiger partial charge >= 0.3 is 5.97 Å². The van der Waals surface area contributed by atoms with Crippen LogP contribution in [0.4, 0.5) is 11.4 Å². The van der Waals surface area contributed by atoms with Crippen LogP contribution in [0.5, 0.6) is 0 Å². The molecule has 1 aromatic rings. The molecule has 0 heterocycles. The van der Waals surface area contributed by atoms with Crippen molar-refractivity contribution >= 4 is 23.3 Å². The summed E-state index contributed by atoms with van der Waals surface area (Å²) in [6.07, 6.45) is 0. The van der Waals surface area contributed by atoms with E-state index in [1.54, 1.807) is 0 Å². The first-order valence-electron chi connectivity index (χ1n) is 5.36. The lowest BCUT2D eigenvalue weighted by Gasteiger charge is -2.21. The Balaban J connectivity index is 2.92. The third-order valence-electron chi connectivity index (χ3n) is 2.37. The van der Waals surface area contributed by atoms with Crippen LogP contribution in [0.15, 0.2) is 24.3 Å². The van der Waals surface area contributed by atoms with E-state index in [9.17, 15) is 19.7 Å². The van der Waals surface area contributed by atoms with Gasteiger partial charge in [0.2, 0.25) is 5.91 Å². The number of carbonyl (C=O) groups excluding carboxylic acids is 1. The molecule has 8 nitrogen and oxygen atoms in total. The van der Waals surface area contributed by atoms with Crippen molar-refractivity contribution < 1.29 is 19.6 Å². The summed E-state index contributed by atoms with van der Waals surface area (Å²) in [4.78, 5) is 33.3. The molecular formula is C11H13N3O5. The summed E-state index contributed by atoms with van der Waals surface area (Å²) < 4.78 is 0. The van der Waals surface area contributed by atoms with Gasteiger partial charge in [-0.2, -0.15) is 0 Å². The molecule has 0 atom stereocenters. The second-order valence-corrected chi connectivity index (χ2v) is 3.70. The van der Waals surface area contributed by atoms with Crippen LogP contribution < -0.4 is 10.2 Å². The van der Waals surface area contributed by atoms with Crippen molar-refractivity contribution in [3.05, 3.63) is 34.4 Å². The zero-order valence-corrected chi connectivity index (χ0v) is 10.2. The number of hydrogen-bond acceptors (Lipinski definition) is 5. The molecule has 0 aliphatic heterocycles. The van der Waals surface area contributed by atoms with Crippen LogP contribution in [0, 0.1) is 10.1 Å². The maximum absolute atomic E-state index is 11.3. The molecule has 0 unspecified atom stereocenters. The van der Waals surface area contributed by atoms with Crippen LogP contribution in [0.3, 0.4) is 0 Å². The number of benzene rings is 1. The van der Waals surface area contributed by atoms with Crippen molar-refractivity contribution in [1.29, 1.82) is 0 Å². The third-order valence-corrected chi connectivity index (χ3v) is 2.37. The molecule has 0 spiro atoms. The number of carboxylic acid groups (broad SMARTS) is 1. The molecule has 0 saturated carbocycles. The highest BCUT2D eigenvalue weighted by Gasteiger charge is 2.15. The molecule has 0 aliphatic rings. The summed E-state index contributed by atoms with van der Waals surface area (Å²) >= 11 is 0. The molecule has 0 radical (unpaired) electrons. The number of likely N-dealkylation sites (N-methyl/N-ethyl adjacent to an activating group) is 1. The van der Waals surface area contributed by atoms with Crippen molar-refractivity contribution in [2.45, 2.75) is 0 Å². The maximum atomic E-state index is 11.3. The fourth-order valence-electron chi connectivity index (χ4n) is 1.44. The summed E-state index contributed by atoms with van der Waals surface area (Å²) in [6.45, 7) is -0.508. The molecule has 8 heteroatoms. The van der Waals surface area contributed by atoms with Gasteiger partial charge in [-0.25, -0.2) is 0 Å². The van der Waals surface area contributed by atoms with Crippen LogP contribution in [0.2, 0.25) is 0 Å². The first-order valence-corrected chi connectivity index (χ1v) is 5.36. The predicted octanol–water partition coefficient (Wildman–Crippen LogP) is 0.232. The van der Waals surface area contributed by atoms with E-state index in [0.29, 0.717) is 5.69 Å². The van der Waals surface area contributed by atoms with Gasteiger partial charge in [0.05, 0.1) is 11.5 Å². The Morgan fingerprint density at radius 3 is 2.32 bits per heavy atom. The van der Waals surface area contributed by atoms with Gasteiger partial charge < -0.3 is 15.3 Å². The number of rotatable bonds is 6. The van der Waals surface area contributed by atoms with Gasteiger partial charge in [-0.1, -0.05) is 0 Å². The molecule has 19 heavy (non-hydrogen) atoms. The van der Waals surface area contributed by atoms with Gasteiger partial charge in [-0.05, 0) is 12.1 Å². The highest BCUT2D eigenvalue weighted by atomic mass is 16.6. The van der Waals surface area contributed by atoms with Crippen molar-refractivity contribution in [1.82, 2.24) is 5.32 Å². The second-order valence-electron chi connectivity index (χ2n) is 3.70. The number of nitrogens with one attached hydrogen (secondary N) is 1. The highest BCUT2D eigenvalue weighted by Crippen LogP contribution is 2.19. The number of amides is 1. The lowest BCUT2D eigenvalue weighted by atomic mass is 10.2. The Labute approximate surface area is 108 Å². The number of nitrogens with zero attached hydrogens (tertiary/aromatic N) is 2. The lowest BCUT2D eigenvalue weighted by molar-refractivity contribution is -0.384. The molecule has 1 amide bonds. The molecule has 102 valence electrons. The van der Waals surface area contributed by atoms with E-state index in [1.807, 2.05) is 0 Å². The summed E-state index contributed by atoms with van der Waals surface area (Å²) in [5.74, 6) is -1.44. The van der Waals surface area contributed by atoms with E-state index in [1.165, 1.54) is 36.2 Å². The quantitative estimate of drug-likeness (QED) is 0.563. The maximum Gasteiger partial charge on any atom is 0.323 e. The summed E-state index contributed by atoms with van der Waals surface area (Å²) in [5.41, 5.74) is 0.329. The second kappa shape index (κ2) is 6.34. The van der Waals surface area contributed by atoms with Crippen LogP contribution >= 0.6 is 0 Å². The average molecular weight is 267 g/mol. The molecule has 0 aromatic heterocycles. The molecule has 0 bridgehead atoms. The number of aliphatic carboxylic acids is 1. The molecule has 0 fully saturated rings. The molecule has 1 rings (SSSR count). The Morgan fingerprint density at radius 1 is 1.32 bits per heavy atom. The fraction of sp³-hybridized carbons (Fsp3) is 0.273.